The number of rotatable bonds is 9. The highest BCUT2D eigenvalue weighted by molar-refractivity contribution is 5.94. The lowest BCUT2D eigenvalue weighted by Gasteiger charge is -2.18. The third-order valence-corrected chi connectivity index (χ3v) is 7.63. The summed E-state index contributed by atoms with van der Waals surface area (Å²) in [6.45, 7) is 9.49. The number of amides is 1. The number of halogens is 1. The molecule has 2 bridgehead atoms. The number of aryl methyl sites for hydroxylation is 2. The largest absolute Gasteiger partial charge is 0.481 e. The average Bonchev–Trinajstić information content (AvgIpc) is 3.51. The van der Waals surface area contributed by atoms with E-state index in [0.717, 1.165) is 57.5 Å². The molecule has 0 fully saturated rings. The minimum atomic E-state index is -0.457. The smallest absolute Gasteiger partial charge is 0.251 e. The van der Waals surface area contributed by atoms with Crippen molar-refractivity contribution in [2.45, 2.75) is 52.4 Å². The van der Waals surface area contributed by atoms with E-state index in [1.54, 1.807) is 6.92 Å². The highest BCUT2D eigenvalue weighted by Gasteiger charge is 2.43. The molecule has 0 radical (unpaired) electrons. The maximum Gasteiger partial charge on any atom is 0.251 e. The fraction of sp³-hybridized carbons (Fsp3) is 0.281. The van der Waals surface area contributed by atoms with Crippen LogP contribution in [-0.4, -0.2) is 24.7 Å². The summed E-state index contributed by atoms with van der Waals surface area (Å²) < 4.78 is 26.2. The van der Waals surface area contributed by atoms with Gasteiger partial charge < -0.3 is 20.5 Å². The molecule has 40 heavy (non-hydrogen) atoms. The Morgan fingerprint density at radius 3 is 2.45 bits per heavy atom. The van der Waals surface area contributed by atoms with E-state index in [4.69, 9.17) is 15.2 Å². The number of allylic oxidation sites excluding steroid dienone is 3. The number of anilines is 1. The van der Waals surface area contributed by atoms with Gasteiger partial charge in [-0.1, -0.05) is 31.5 Å². The monoisotopic (exact) mass is 540 g/mol. The van der Waals surface area contributed by atoms with Crippen molar-refractivity contribution in [1.82, 2.24) is 10.3 Å². The summed E-state index contributed by atoms with van der Waals surface area (Å²) in [5.41, 5.74) is 14.7. The Balaban J connectivity index is 1.38. The molecule has 0 spiro atoms. The van der Waals surface area contributed by atoms with Gasteiger partial charge in [0, 0.05) is 23.9 Å². The molecule has 0 aliphatic carbocycles. The number of benzene rings is 2. The number of aromatic nitrogens is 1. The summed E-state index contributed by atoms with van der Waals surface area (Å²) in [5.74, 6) is -0.0343. The van der Waals surface area contributed by atoms with Crippen LogP contribution in [0.5, 0.6) is 0 Å². The van der Waals surface area contributed by atoms with Crippen molar-refractivity contribution in [2.24, 2.45) is 4.99 Å². The number of aliphatic imine (C=N–C) groups is 1. The lowest BCUT2D eigenvalue weighted by Crippen LogP contribution is -2.24. The van der Waals surface area contributed by atoms with Gasteiger partial charge in [-0.25, -0.2) is 14.4 Å². The predicted octanol–water partition coefficient (Wildman–Crippen LogP) is 6.27. The number of pyridine rings is 1. The molecule has 206 valence electrons. The van der Waals surface area contributed by atoms with Crippen molar-refractivity contribution < 1.29 is 18.7 Å². The Morgan fingerprint density at radius 1 is 1.15 bits per heavy atom. The summed E-state index contributed by atoms with van der Waals surface area (Å²) in [6, 6.07) is 13.4. The number of methoxy groups -OCH3 is 1. The van der Waals surface area contributed by atoms with E-state index in [2.05, 4.69) is 28.9 Å². The number of hydrogen-bond acceptors (Lipinski definition) is 6. The van der Waals surface area contributed by atoms with Gasteiger partial charge in [0.15, 0.2) is 0 Å². The summed E-state index contributed by atoms with van der Waals surface area (Å²) in [6.07, 6.45) is 2.52. The Bertz CT molecular complexity index is 1580. The highest BCUT2D eigenvalue weighted by Crippen LogP contribution is 2.54. The highest BCUT2D eigenvalue weighted by atomic mass is 19.1. The number of nitrogens with two attached hydrogens (primary N) is 1. The van der Waals surface area contributed by atoms with Gasteiger partial charge in [0.05, 0.1) is 7.11 Å². The van der Waals surface area contributed by atoms with E-state index < -0.39 is 5.83 Å². The third kappa shape index (κ3) is 4.91. The van der Waals surface area contributed by atoms with Gasteiger partial charge >= 0.3 is 0 Å². The van der Waals surface area contributed by atoms with Crippen molar-refractivity contribution in [2.75, 3.05) is 12.8 Å². The first-order chi connectivity index (χ1) is 19.2. The van der Waals surface area contributed by atoms with E-state index in [9.17, 15) is 9.18 Å². The third-order valence-electron chi connectivity index (χ3n) is 7.63. The van der Waals surface area contributed by atoms with E-state index in [1.807, 2.05) is 49.4 Å². The second kappa shape index (κ2) is 11.1. The van der Waals surface area contributed by atoms with Crippen molar-refractivity contribution in [3.05, 3.63) is 110 Å². The van der Waals surface area contributed by atoms with E-state index in [-0.39, 0.29) is 24.0 Å². The molecule has 1 aromatic heterocycles. The van der Waals surface area contributed by atoms with Crippen LogP contribution in [0.4, 0.5) is 10.2 Å². The first-order valence-electron chi connectivity index (χ1n) is 13.3. The lowest BCUT2D eigenvalue weighted by molar-refractivity contribution is 0.0857. The van der Waals surface area contributed by atoms with Crippen LogP contribution in [0.25, 0.3) is 5.57 Å². The molecule has 3 aromatic rings. The molecule has 2 atom stereocenters. The quantitative estimate of drug-likeness (QED) is 0.189. The lowest BCUT2D eigenvalue weighted by atomic mass is 9.83. The van der Waals surface area contributed by atoms with Crippen molar-refractivity contribution in [3.63, 3.8) is 0 Å². The van der Waals surface area contributed by atoms with Crippen molar-refractivity contribution in [3.8, 4) is 0 Å². The van der Waals surface area contributed by atoms with Gasteiger partial charge in [-0.2, -0.15) is 0 Å². The van der Waals surface area contributed by atoms with Crippen LogP contribution in [0.1, 0.15) is 87.5 Å². The Kier molecular flexibility index (Phi) is 7.54. The van der Waals surface area contributed by atoms with Gasteiger partial charge in [-0.15, -0.1) is 0 Å². The molecular formula is C32H33FN4O3. The molecule has 2 aliphatic rings. The molecule has 1 amide bonds. The van der Waals surface area contributed by atoms with Gasteiger partial charge in [-0.05, 0) is 95.8 Å². The number of nitrogen functional groups attached to an aromatic ring is 1. The fourth-order valence-electron chi connectivity index (χ4n) is 5.54. The van der Waals surface area contributed by atoms with Gasteiger partial charge in [0.2, 0.25) is 5.88 Å². The van der Waals surface area contributed by atoms with Crippen molar-refractivity contribution >= 4 is 24.0 Å². The molecule has 0 unspecified atom stereocenters. The van der Waals surface area contributed by atoms with Crippen LogP contribution >= 0.6 is 0 Å². The number of fused-ring (bicyclic) bond motifs is 8. The molecule has 3 N–H and O–H groups in total. The zero-order chi connectivity index (χ0) is 28.6. The SMILES string of the molecule is C=N/C(=C\C(F)=C(/C)c1ccc2c(c1)[C@H]1O[C@@H]2c2ccc(C(=O)NCc3c(CCC)cc(N)nc3C)cc21)OC. The summed E-state index contributed by atoms with van der Waals surface area (Å²) in [4.78, 5) is 21.2. The fourth-order valence-corrected chi connectivity index (χ4v) is 5.54. The number of carbonyl (C=O) groups excluding carboxylic acids is 1. The van der Waals surface area contributed by atoms with Gasteiger partial charge in [-0.3, -0.25) is 4.79 Å². The minimum Gasteiger partial charge on any atom is -0.481 e. The molecule has 0 saturated heterocycles. The second-order valence-corrected chi connectivity index (χ2v) is 10.1. The van der Waals surface area contributed by atoms with Crippen LogP contribution in [0.15, 0.2) is 65.2 Å². The van der Waals surface area contributed by atoms with Crippen LogP contribution in [-0.2, 0) is 22.4 Å². The Labute approximate surface area is 233 Å². The molecule has 7 nitrogen and oxygen atoms in total. The standard InChI is InChI=1S/C32H33FN4O3/c1-6-7-20-14-28(34)37-18(3)26(20)16-36-32(38)21-9-11-23-25(13-21)31-24-12-19(8-10-22(24)30(23)40-31)17(2)27(33)15-29(35-4)39-5/h8-15,30-31H,4,6-7,16H2,1-3,5H3,(H2,34,37)(H,36,38)/b27-17-,29-15+/t30-,31+/m0/s1. The first kappa shape index (κ1) is 27.3. The second-order valence-electron chi connectivity index (χ2n) is 10.1. The van der Waals surface area contributed by atoms with E-state index >= 15 is 0 Å². The van der Waals surface area contributed by atoms with E-state index in [0.29, 0.717) is 23.5 Å². The number of carbonyl (C=O) groups is 1. The number of nitrogens with one attached hydrogen (secondary N) is 1. The number of hydrogen-bond donors (Lipinski definition) is 2. The Hall–Kier alpha value is -4.30. The molecule has 0 saturated carbocycles. The topological polar surface area (TPSA) is 98.8 Å². The molecular weight excluding hydrogens is 507 g/mol. The molecule has 5 rings (SSSR count). The summed E-state index contributed by atoms with van der Waals surface area (Å²) in [5, 5.41) is 3.05. The predicted molar refractivity (Wildman–Crippen MR) is 155 cm³/mol. The van der Waals surface area contributed by atoms with Gasteiger partial charge in [0.25, 0.3) is 5.91 Å². The van der Waals surface area contributed by atoms with Crippen LogP contribution in [0.3, 0.4) is 0 Å². The van der Waals surface area contributed by atoms with Crippen LogP contribution in [0, 0.1) is 6.92 Å². The average molecular weight is 541 g/mol. The summed E-state index contributed by atoms with van der Waals surface area (Å²) >= 11 is 0. The minimum absolute atomic E-state index is 0.101. The van der Waals surface area contributed by atoms with E-state index in [1.165, 1.54) is 13.2 Å². The normalized spacial score (nSPS) is 17.7. The van der Waals surface area contributed by atoms with Crippen LogP contribution in [0.2, 0.25) is 0 Å². The molecule has 8 heteroatoms. The maximum absolute atomic E-state index is 14.9. The van der Waals surface area contributed by atoms with Gasteiger partial charge in [0.1, 0.15) is 23.9 Å². The molecule has 2 aromatic carbocycles. The Morgan fingerprint density at radius 2 is 1.80 bits per heavy atom. The number of nitrogens with zero attached hydrogens (tertiary/aromatic N) is 2. The summed E-state index contributed by atoms with van der Waals surface area (Å²) in [7, 11) is 1.42. The van der Waals surface area contributed by atoms with Crippen molar-refractivity contribution in [1.29, 1.82) is 0 Å². The van der Waals surface area contributed by atoms with Crippen LogP contribution < -0.4 is 11.1 Å². The number of ether oxygens (including phenoxy) is 2. The zero-order valence-electron chi connectivity index (χ0n) is 23.2. The molecule has 3 heterocycles. The maximum atomic E-state index is 14.9. The zero-order valence-corrected chi connectivity index (χ0v) is 23.2. The first-order valence-corrected chi connectivity index (χ1v) is 13.3. The molecule has 2 aliphatic heterocycles.